The second-order valence-electron chi connectivity index (χ2n) is 5.85. The van der Waals surface area contributed by atoms with E-state index in [1.165, 1.54) is 12.1 Å². The number of likely N-dealkylation sites (N-methyl/N-ethyl adjacent to an activating group) is 1. The van der Waals surface area contributed by atoms with Crippen molar-refractivity contribution in [2.75, 3.05) is 37.3 Å². The third-order valence-corrected chi connectivity index (χ3v) is 4.00. The van der Waals surface area contributed by atoms with Gasteiger partial charge in [-0.2, -0.15) is 0 Å². The predicted octanol–water partition coefficient (Wildman–Crippen LogP) is 1.64. The first-order valence-electron chi connectivity index (χ1n) is 6.51. The molecule has 6 heteroatoms. The monoisotopic (exact) mass is 281 g/mol. The fourth-order valence-corrected chi connectivity index (χ4v) is 2.46. The van der Waals surface area contributed by atoms with Crippen LogP contribution < -0.4 is 10.6 Å². The largest absolute Gasteiger partial charge is 0.478 e. The van der Waals surface area contributed by atoms with Crippen LogP contribution in [0.2, 0.25) is 0 Å². The zero-order valence-electron chi connectivity index (χ0n) is 12.0. The zero-order chi connectivity index (χ0) is 15.1. The number of rotatable bonds is 2. The molecule has 1 fully saturated rings. The first-order chi connectivity index (χ1) is 9.22. The summed E-state index contributed by atoms with van der Waals surface area (Å²) in [5, 5.41) is 8.89. The number of carboxylic acid groups (broad SMARTS) is 1. The molecule has 0 bridgehead atoms. The van der Waals surface area contributed by atoms with Crippen LogP contribution in [-0.4, -0.2) is 48.2 Å². The number of hydrogen-bond donors (Lipinski definition) is 2. The van der Waals surface area contributed by atoms with Crippen LogP contribution >= 0.6 is 0 Å². The SMILES string of the molecule is CN1CCN(c2cc(F)c(C(=O)O)cc2N)CC1(C)C. The van der Waals surface area contributed by atoms with E-state index in [0.717, 1.165) is 13.1 Å². The first-order valence-corrected chi connectivity index (χ1v) is 6.51. The minimum Gasteiger partial charge on any atom is -0.478 e. The van der Waals surface area contributed by atoms with Gasteiger partial charge in [0.05, 0.1) is 16.9 Å². The average molecular weight is 281 g/mol. The van der Waals surface area contributed by atoms with Gasteiger partial charge in [0, 0.05) is 31.2 Å². The number of anilines is 2. The maximum Gasteiger partial charge on any atom is 0.338 e. The fraction of sp³-hybridized carbons (Fsp3) is 0.500. The Labute approximate surface area is 117 Å². The lowest BCUT2D eigenvalue weighted by Crippen LogP contribution is -2.57. The van der Waals surface area contributed by atoms with Crippen molar-refractivity contribution in [2.24, 2.45) is 0 Å². The van der Waals surface area contributed by atoms with Crippen LogP contribution in [0.15, 0.2) is 12.1 Å². The number of nitrogen functional groups attached to an aromatic ring is 1. The Kier molecular flexibility index (Phi) is 3.60. The van der Waals surface area contributed by atoms with Crippen LogP contribution in [0.25, 0.3) is 0 Å². The van der Waals surface area contributed by atoms with Crippen molar-refractivity contribution < 1.29 is 14.3 Å². The van der Waals surface area contributed by atoms with E-state index in [2.05, 4.69) is 25.8 Å². The summed E-state index contributed by atoms with van der Waals surface area (Å²) in [6.45, 7) is 6.50. The van der Waals surface area contributed by atoms with Crippen LogP contribution in [-0.2, 0) is 0 Å². The molecular formula is C14H20FN3O2. The molecule has 0 spiro atoms. The van der Waals surface area contributed by atoms with Gasteiger partial charge in [-0.3, -0.25) is 4.90 Å². The number of piperazine rings is 1. The summed E-state index contributed by atoms with van der Waals surface area (Å²) in [4.78, 5) is 15.1. The Hall–Kier alpha value is -1.82. The predicted molar refractivity (Wildman–Crippen MR) is 76.7 cm³/mol. The van der Waals surface area contributed by atoms with Crippen LogP contribution in [0.4, 0.5) is 15.8 Å². The molecule has 1 heterocycles. The molecule has 0 atom stereocenters. The summed E-state index contributed by atoms with van der Waals surface area (Å²) in [6.07, 6.45) is 0. The molecule has 0 saturated carbocycles. The lowest BCUT2D eigenvalue weighted by atomic mass is 9.98. The number of carboxylic acids is 1. The molecule has 1 aromatic carbocycles. The van der Waals surface area contributed by atoms with E-state index in [4.69, 9.17) is 10.8 Å². The molecular weight excluding hydrogens is 261 g/mol. The molecule has 3 N–H and O–H groups in total. The van der Waals surface area contributed by atoms with Gasteiger partial charge in [0.25, 0.3) is 0 Å². The average Bonchev–Trinajstić information content (AvgIpc) is 2.34. The second kappa shape index (κ2) is 4.94. The van der Waals surface area contributed by atoms with E-state index in [1.807, 2.05) is 4.90 Å². The summed E-state index contributed by atoms with van der Waals surface area (Å²) in [6, 6.07) is 2.42. The van der Waals surface area contributed by atoms with Crippen molar-refractivity contribution >= 4 is 17.3 Å². The third kappa shape index (κ3) is 2.56. The molecule has 110 valence electrons. The van der Waals surface area contributed by atoms with Gasteiger partial charge in [-0.15, -0.1) is 0 Å². The molecule has 0 radical (unpaired) electrons. The zero-order valence-corrected chi connectivity index (χ0v) is 12.0. The summed E-state index contributed by atoms with van der Waals surface area (Å²) < 4.78 is 13.8. The number of hydrogen-bond acceptors (Lipinski definition) is 4. The molecule has 1 aromatic rings. The molecule has 20 heavy (non-hydrogen) atoms. The van der Waals surface area contributed by atoms with Crippen molar-refractivity contribution in [1.82, 2.24) is 4.90 Å². The van der Waals surface area contributed by atoms with Gasteiger partial charge in [-0.25, -0.2) is 9.18 Å². The Morgan fingerprint density at radius 3 is 2.60 bits per heavy atom. The second-order valence-corrected chi connectivity index (χ2v) is 5.85. The summed E-state index contributed by atoms with van der Waals surface area (Å²) in [5.41, 5.74) is 6.32. The molecule has 0 aliphatic carbocycles. The van der Waals surface area contributed by atoms with E-state index >= 15 is 0 Å². The summed E-state index contributed by atoms with van der Waals surface area (Å²) in [7, 11) is 2.05. The highest BCUT2D eigenvalue weighted by Crippen LogP contribution is 2.31. The number of halogens is 1. The summed E-state index contributed by atoms with van der Waals surface area (Å²) in [5.74, 6) is -2.06. The Balaban J connectivity index is 2.34. The van der Waals surface area contributed by atoms with Crippen molar-refractivity contribution in [3.63, 3.8) is 0 Å². The van der Waals surface area contributed by atoms with E-state index in [-0.39, 0.29) is 11.1 Å². The van der Waals surface area contributed by atoms with Gasteiger partial charge in [-0.05, 0) is 27.0 Å². The molecule has 0 unspecified atom stereocenters. The molecule has 2 rings (SSSR count). The van der Waals surface area contributed by atoms with Gasteiger partial charge in [0.1, 0.15) is 5.82 Å². The maximum atomic E-state index is 13.8. The highest BCUT2D eigenvalue weighted by Gasteiger charge is 2.32. The highest BCUT2D eigenvalue weighted by atomic mass is 19.1. The van der Waals surface area contributed by atoms with E-state index in [1.54, 1.807) is 0 Å². The number of nitrogens with two attached hydrogens (primary N) is 1. The fourth-order valence-electron chi connectivity index (χ4n) is 2.46. The smallest absolute Gasteiger partial charge is 0.338 e. The lowest BCUT2D eigenvalue weighted by Gasteiger charge is -2.46. The normalized spacial score (nSPS) is 19.1. The molecule has 1 aliphatic heterocycles. The quantitative estimate of drug-likeness (QED) is 0.806. The van der Waals surface area contributed by atoms with E-state index in [0.29, 0.717) is 17.9 Å². The van der Waals surface area contributed by atoms with Gasteiger partial charge >= 0.3 is 5.97 Å². The number of nitrogens with zero attached hydrogens (tertiary/aromatic N) is 2. The third-order valence-electron chi connectivity index (χ3n) is 4.00. The topological polar surface area (TPSA) is 69.8 Å². The Morgan fingerprint density at radius 1 is 1.40 bits per heavy atom. The van der Waals surface area contributed by atoms with Crippen molar-refractivity contribution in [1.29, 1.82) is 0 Å². The van der Waals surface area contributed by atoms with Crippen molar-refractivity contribution in [3.05, 3.63) is 23.5 Å². The standard InChI is InChI=1S/C14H20FN3O2/c1-14(2)8-18(5-4-17(14)3)12-7-10(15)9(13(19)20)6-11(12)16/h6-7H,4-5,8,16H2,1-3H3,(H,19,20). The molecule has 0 aromatic heterocycles. The first kappa shape index (κ1) is 14.6. The highest BCUT2D eigenvalue weighted by molar-refractivity contribution is 5.91. The Morgan fingerprint density at radius 2 is 2.05 bits per heavy atom. The van der Waals surface area contributed by atoms with Crippen molar-refractivity contribution in [2.45, 2.75) is 19.4 Å². The van der Waals surface area contributed by atoms with Crippen LogP contribution in [0, 0.1) is 5.82 Å². The van der Waals surface area contributed by atoms with Crippen LogP contribution in [0.3, 0.4) is 0 Å². The molecule has 0 amide bonds. The van der Waals surface area contributed by atoms with Gasteiger partial charge in [0.2, 0.25) is 0 Å². The minimum absolute atomic E-state index is 0.0490. The van der Waals surface area contributed by atoms with Gasteiger partial charge in [0.15, 0.2) is 0 Å². The van der Waals surface area contributed by atoms with Gasteiger partial charge < -0.3 is 15.7 Å². The van der Waals surface area contributed by atoms with Crippen molar-refractivity contribution in [3.8, 4) is 0 Å². The number of benzene rings is 1. The molecule has 1 aliphatic rings. The van der Waals surface area contributed by atoms with E-state index in [9.17, 15) is 9.18 Å². The van der Waals surface area contributed by atoms with Gasteiger partial charge in [-0.1, -0.05) is 0 Å². The minimum atomic E-state index is -1.31. The lowest BCUT2D eigenvalue weighted by molar-refractivity contribution is 0.0692. The van der Waals surface area contributed by atoms with Crippen LogP contribution in [0.5, 0.6) is 0 Å². The Bertz CT molecular complexity index is 545. The van der Waals surface area contributed by atoms with Crippen LogP contribution in [0.1, 0.15) is 24.2 Å². The maximum absolute atomic E-state index is 13.8. The summed E-state index contributed by atoms with van der Waals surface area (Å²) >= 11 is 0. The number of carbonyl (C=O) groups is 1. The molecule has 5 nitrogen and oxygen atoms in total. The van der Waals surface area contributed by atoms with E-state index < -0.39 is 11.8 Å². The molecule has 1 saturated heterocycles. The number of aromatic carboxylic acids is 1.